The van der Waals surface area contributed by atoms with E-state index in [1.54, 1.807) is 0 Å². The van der Waals surface area contributed by atoms with E-state index >= 15 is 0 Å². The second kappa shape index (κ2) is 72.9. The van der Waals surface area contributed by atoms with Crippen LogP contribution in [0.1, 0.15) is 48.0 Å². The van der Waals surface area contributed by atoms with Gasteiger partial charge in [-0.3, -0.25) is 0 Å². The van der Waals surface area contributed by atoms with Crippen LogP contribution >= 0.6 is 0 Å². The topological polar surface area (TPSA) is 37.2 Å². The van der Waals surface area contributed by atoms with E-state index in [-0.39, 0.29) is 37.7 Å². The molecule has 0 aliphatic rings. The van der Waals surface area contributed by atoms with Gasteiger partial charge in [0.05, 0.1) is 0 Å². The Morgan fingerprint density at radius 3 is 1.31 bits per heavy atom. The van der Waals surface area contributed by atoms with E-state index in [1.165, 1.54) is 6.42 Å². The fourth-order valence-electron chi connectivity index (χ4n) is 0.316. The van der Waals surface area contributed by atoms with Gasteiger partial charge in [-0.15, -0.1) is 6.54 Å². The molecule has 0 unspecified atom stereocenters. The van der Waals surface area contributed by atoms with Gasteiger partial charge < -0.3 is 10.4 Å². The molecule has 3 heteroatoms. The molecule has 0 saturated heterocycles. The third-order valence-electron chi connectivity index (χ3n) is 0.605. The van der Waals surface area contributed by atoms with Gasteiger partial charge in [-0.2, -0.15) is 13.7 Å². The SMILES string of the molecule is CC.CC.CCC[N-]CC.C[O-].[Ca+2]. The molecular formula is C10H27CaNO. The van der Waals surface area contributed by atoms with E-state index in [9.17, 15) is 0 Å². The minimum atomic E-state index is 0. The maximum absolute atomic E-state index is 8.25. The van der Waals surface area contributed by atoms with E-state index in [4.69, 9.17) is 5.11 Å². The summed E-state index contributed by atoms with van der Waals surface area (Å²) in [6, 6.07) is 0. The van der Waals surface area contributed by atoms with Gasteiger partial charge in [0.2, 0.25) is 0 Å². The Morgan fingerprint density at radius 1 is 0.923 bits per heavy atom. The van der Waals surface area contributed by atoms with Crippen molar-refractivity contribution in [3.05, 3.63) is 5.32 Å². The van der Waals surface area contributed by atoms with Gasteiger partial charge in [-0.1, -0.05) is 48.0 Å². The molecule has 0 aromatic carbocycles. The van der Waals surface area contributed by atoms with Crippen molar-refractivity contribution in [3.8, 4) is 0 Å². The molecule has 0 heterocycles. The van der Waals surface area contributed by atoms with Crippen LogP contribution in [0, 0.1) is 0 Å². The fourth-order valence-corrected chi connectivity index (χ4v) is 0.316. The first kappa shape index (κ1) is 29.2. The summed E-state index contributed by atoms with van der Waals surface area (Å²) in [4.78, 5) is 0. The molecule has 13 heavy (non-hydrogen) atoms. The maximum atomic E-state index is 8.25. The molecule has 0 amide bonds. The minimum Gasteiger partial charge on any atom is -0.857 e. The molecule has 80 valence electrons. The molecule has 0 saturated carbocycles. The summed E-state index contributed by atoms with van der Waals surface area (Å²) in [5.74, 6) is 0. The Kier molecular flexibility index (Phi) is 164. The molecule has 2 nitrogen and oxygen atoms in total. The number of nitrogens with zero attached hydrogens (tertiary/aromatic N) is 1. The Labute approximate surface area is 116 Å². The van der Waals surface area contributed by atoms with E-state index in [2.05, 4.69) is 19.2 Å². The van der Waals surface area contributed by atoms with Gasteiger partial charge in [-0.05, 0) is 0 Å². The molecule has 0 N–H and O–H groups in total. The molecule has 0 bridgehead atoms. The molecule has 0 rings (SSSR count). The monoisotopic (exact) mass is 217 g/mol. The van der Waals surface area contributed by atoms with Gasteiger partial charge in [0, 0.05) is 0 Å². The van der Waals surface area contributed by atoms with Crippen molar-refractivity contribution < 1.29 is 5.11 Å². The third-order valence-corrected chi connectivity index (χ3v) is 0.605. The van der Waals surface area contributed by atoms with Crippen LogP contribution < -0.4 is 5.11 Å². The van der Waals surface area contributed by atoms with Crippen molar-refractivity contribution >= 4 is 37.7 Å². The van der Waals surface area contributed by atoms with Gasteiger partial charge in [0.15, 0.2) is 0 Å². The molecule has 0 radical (unpaired) electrons. The average molecular weight is 217 g/mol. The van der Waals surface area contributed by atoms with Crippen molar-refractivity contribution in [3.63, 3.8) is 0 Å². The molecule has 0 spiro atoms. The quantitative estimate of drug-likeness (QED) is 0.528. The van der Waals surface area contributed by atoms with E-state index in [0.717, 1.165) is 20.2 Å². The summed E-state index contributed by atoms with van der Waals surface area (Å²) in [6.45, 7) is 14.2. The first-order chi connectivity index (χ1) is 5.91. The zero-order valence-electron chi connectivity index (χ0n) is 10.7. The van der Waals surface area contributed by atoms with Crippen molar-refractivity contribution in [1.82, 2.24) is 0 Å². The van der Waals surface area contributed by atoms with Crippen molar-refractivity contribution in [1.29, 1.82) is 0 Å². The summed E-state index contributed by atoms with van der Waals surface area (Å²) in [7, 11) is 0.750. The van der Waals surface area contributed by atoms with Crippen molar-refractivity contribution in [2.75, 3.05) is 20.2 Å². The van der Waals surface area contributed by atoms with Gasteiger partial charge in [0.1, 0.15) is 0 Å². The zero-order chi connectivity index (χ0) is 10.8. The second-order valence-corrected chi connectivity index (χ2v) is 1.26. The van der Waals surface area contributed by atoms with Crippen LogP contribution in [0.15, 0.2) is 0 Å². The van der Waals surface area contributed by atoms with E-state index in [0.29, 0.717) is 0 Å². The number of rotatable bonds is 3. The van der Waals surface area contributed by atoms with Crippen LogP contribution in [0.5, 0.6) is 0 Å². The molecule has 0 aromatic heterocycles. The number of hydrogen-bond acceptors (Lipinski definition) is 1. The van der Waals surface area contributed by atoms with Crippen LogP contribution in [0.3, 0.4) is 0 Å². The Morgan fingerprint density at radius 2 is 1.23 bits per heavy atom. The third kappa shape index (κ3) is 94.3. The fraction of sp³-hybridized carbons (Fsp3) is 1.00. The summed E-state index contributed by atoms with van der Waals surface area (Å²) in [5, 5.41) is 12.3. The normalized spacial score (nSPS) is 5.54. The first-order valence-electron chi connectivity index (χ1n) is 4.95. The molecular weight excluding hydrogens is 190 g/mol. The van der Waals surface area contributed by atoms with E-state index < -0.39 is 0 Å². The van der Waals surface area contributed by atoms with Crippen LogP contribution in [0.2, 0.25) is 0 Å². The van der Waals surface area contributed by atoms with Crippen LogP contribution in [-0.2, 0) is 0 Å². The molecule has 0 aliphatic heterocycles. The molecule has 0 aromatic rings. The van der Waals surface area contributed by atoms with Crippen LogP contribution in [0.25, 0.3) is 5.32 Å². The molecule has 0 fully saturated rings. The molecule has 0 atom stereocenters. The summed E-state index contributed by atoms with van der Waals surface area (Å²) in [6.07, 6.45) is 1.19. The van der Waals surface area contributed by atoms with Crippen LogP contribution in [-0.4, -0.2) is 57.9 Å². The van der Waals surface area contributed by atoms with Crippen molar-refractivity contribution in [2.45, 2.75) is 48.0 Å². The largest absolute Gasteiger partial charge is 2.00 e. The number of hydrogen-bond donors (Lipinski definition) is 0. The summed E-state index contributed by atoms with van der Waals surface area (Å²) >= 11 is 0. The standard InChI is InChI=1S/C5H12N.2C2H6.CH3O.Ca/c1-3-5-6-4-2;3*1-2;/h3-5H2,1-2H3;2*1-2H3;1H3;/q-1;;;-1;+2. The van der Waals surface area contributed by atoms with Gasteiger partial charge in [0.25, 0.3) is 0 Å². The predicted molar refractivity (Wildman–Crippen MR) is 63.4 cm³/mol. The van der Waals surface area contributed by atoms with Gasteiger partial charge >= 0.3 is 37.7 Å². The summed E-state index contributed by atoms with van der Waals surface area (Å²) in [5.41, 5.74) is 0. The smallest absolute Gasteiger partial charge is 0.857 e. The van der Waals surface area contributed by atoms with Crippen molar-refractivity contribution in [2.24, 2.45) is 0 Å². The Balaban J connectivity index is -0.0000000263. The first-order valence-corrected chi connectivity index (χ1v) is 4.95. The Hall–Kier alpha value is 1.18. The second-order valence-electron chi connectivity index (χ2n) is 1.26. The van der Waals surface area contributed by atoms with E-state index in [1.807, 2.05) is 27.7 Å². The zero-order valence-corrected chi connectivity index (χ0v) is 12.9. The predicted octanol–water partition coefficient (Wildman–Crippen LogP) is 2.44. The van der Waals surface area contributed by atoms with Crippen LogP contribution in [0.4, 0.5) is 0 Å². The Bertz CT molecular complexity index is 26.9. The van der Waals surface area contributed by atoms with Gasteiger partial charge in [-0.25, -0.2) is 0 Å². The maximum Gasteiger partial charge on any atom is 2.00 e. The molecule has 0 aliphatic carbocycles. The average Bonchev–Trinajstić information content (AvgIpc) is 2.24. The minimum absolute atomic E-state index is 0. The summed E-state index contributed by atoms with van der Waals surface area (Å²) < 4.78 is 0.